The Labute approximate surface area is 133 Å². The average Bonchev–Trinajstić information content (AvgIpc) is 2.56. The fourth-order valence-electron chi connectivity index (χ4n) is 1.57. The number of carbonyl (C=O) groups is 1. The lowest BCUT2D eigenvalue weighted by Gasteiger charge is -2.08. The van der Waals surface area contributed by atoms with E-state index in [4.69, 9.17) is 14.7 Å². The molecule has 0 unspecified atom stereocenters. The first kappa shape index (κ1) is 16.0. The number of benzene rings is 1. The maximum Gasteiger partial charge on any atom is 0.418 e. The van der Waals surface area contributed by atoms with Crippen molar-refractivity contribution < 1.29 is 14.3 Å². The largest absolute Gasteiger partial charge is 0.475 e. The zero-order chi connectivity index (χ0) is 16.5. The van der Waals surface area contributed by atoms with Gasteiger partial charge in [0.05, 0.1) is 12.8 Å². The van der Waals surface area contributed by atoms with Crippen molar-refractivity contribution in [3.63, 3.8) is 0 Å². The molecule has 0 saturated carbocycles. The van der Waals surface area contributed by atoms with Crippen molar-refractivity contribution >= 4 is 11.9 Å². The van der Waals surface area contributed by atoms with Crippen LogP contribution in [0.4, 0.5) is 10.6 Å². The minimum absolute atomic E-state index is 0.0380. The summed E-state index contributed by atoms with van der Waals surface area (Å²) in [4.78, 5) is 19.7. The number of para-hydroxylation sites is 1. The molecule has 7 nitrogen and oxygen atoms in total. The summed E-state index contributed by atoms with van der Waals surface area (Å²) in [5.41, 5.74) is 0.0380. The van der Waals surface area contributed by atoms with Crippen molar-refractivity contribution in [1.82, 2.24) is 9.97 Å². The standard InChI is InChI=1S/C16H14N4O3/c1-2-3-9-22-15-13(10-17)18-11-14(19-15)20-16(21)23-12-7-5-4-6-8-12/h2,4-8,11H,1,3,9H2,(H,19,20,21). The summed E-state index contributed by atoms with van der Waals surface area (Å²) in [5, 5.41) is 11.4. The molecular formula is C16H14N4O3. The number of carbonyl (C=O) groups excluding carboxylic acids is 1. The maximum atomic E-state index is 11.8. The van der Waals surface area contributed by atoms with Crippen LogP contribution >= 0.6 is 0 Å². The molecule has 23 heavy (non-hydrogen) atoms. The van der Waals surface area contributed by atoms with Crippen molar-refractivity contribution in [1.29, 1.82) is 5.26 Å². The number of ether oxygens (including phenoxy) is 2. The van der Waals surface area contributed by atoms with E-state index in [9.17, 15) is 4.79 Å². The van der Waals surface area contributed by atoms with Gasteiger partial charge in [-0.05, 0) is 18.6 Å². The van der Waals surface area contributed by atoms with Gasteiger partial charge in [-0.2, -0.15) is 10.2 Å². The molecule has 1 heterocycles. The Morgan fingerprint density at radius 3 is 2.87 bits per heavy atom. The summed E-state index contributed by atoms with van der Waals surface area (Å²) in [5.74, 6) is 0.569. The number of amides is 1. The third kappa shape index (κ3) is 4.82. The van der Waals surface area contributed by atoms with Crippen molar-refractivity contribution in [3.8, 4) is 17.7 Å². The van der Waals surface area contributed by atoms with Gasteiger partial charge >= 0.3 is 6.09 Å². The Balaban J connectivity index is 2.04. The minimum atomic E-state index is -0.716. The van der Waals surface area contributed by atoms with E-state index in [-0.39, 0.29) is 17.4 Å². The van der Waals surface area contributed by atoms with Gasteiger partial charge in [0, 0.05) is 0 Å². The number of anilines is 1. The molecule has 0 aliphatic heterocycles. The summed E-state index contributed by atoms with van der Waals surface area (Å²) in [7, 11) is 0. The van der Waals surface area contributed by atoms with Gasteiger partial charge in [0.25, 0.3) is 5.88 Å². The number of hydrogen-bond acceptors (Lipinski definition) is 6. The smallest absolute Gasteiger partial charge is 0.418 e. The van der Waals surface area contributed by atoms with Crippen LogP contribution in [0.15, 0.2) is 49.2 Å². The summed E-state index contributed by atoms with van der Waals surface area (Å²) in [6.45, 7) is 3.89. The van der Waals surface area contributed by atoms with Crippen molar-refractivity contribution in [2.24, 2.45) is 0 Å². The molecule has 116 valence electrons. The second-order valence-corrected chi connectivity index (χ2v) is 4.27. The van der Waals surface area contributed by atoms with Gasteiger partial charge in [0.15, 0.2) is 5.82 Å². The fraction of sp³-hybridized carbons (Fsp3) is 0.125. The van der Waals surface area contributed by atoms with Gasteiger partial charge in [-0.3, -0.25) is 5.32 Å². The van der Waals surface area contributed by atoms with E-state index in [0.717, 1.165) is 0 Å². The monoisotopic (exact) mass is 310 g/mol. The van der Waals surface area contributed by atoms with Crippen molar-refractivity contribution in [2.75, 3.05) is 11.9 Å². The van der Waals surface area contributed by atoms with Crippen LogP contribution in [0.1, 0.15) is 12.1 Å². The normalized spacial score (nSPS) is 9.52. The van der Waals surface area contributed by atoms with Gasteiger partial charge in [-0.15, -0.1) is 6.58 Å². The molecule has 0 aliphatic carbocycles. The highest BCUT2D eigenvalue weighted by molar-refractivity contribution is 5.85. The number of aromatic nitrogens is 2. The molecule has 1 aromatic heterocycles. The Morgan fingerprint density at radius 2 is 2.17 bits per heavy atom. The van der Waals surface area contributed by atoms with Crippen LogP contribution in [0.3, 0.4) is 0 Å². The van der Waals surface area contributed by atoms with Crippen LogP contribution in [0, 0.1) is 11.3 Å². The number of nitriles is 1. The summed E-state index contributed by atoms with van der Waals surface area (Å²) in [6.07, 6.45) is 2.82. The number of nitrogens with zero attached hydrogens (tertiary/aromatic N) is 3. The molecule has 0 saturated heterocycles. The van der Waals surface area contributed by atoms with Crippen LogP contribution in [-0.4, -0.2) is 22.7 Å². The Hall–Kier alpha value is -3.40. The summed E-state index contributed by atoms with van der Waals surface area (Å²) >= 11 is 0. The van der Waals surface area contributed by atoms with E-state index in [1.807, 2.05) is 12.1 Å². The SMILES string of the molecule is C=CCCOc1nc(NC(=O)Oc2ccccc2)cnc1C#N. The first-order valence-electron chi connectivity index (χ1n) is 6.77. The van der Waals surface area contributed by atoms with E-state index < -0.39 is 6.09 Å². The maximum absolute atomic E-state index is 11.8. The van der Waals surface area contributed by atoms with Crippen LogP contribution in [0.2, 0.25) is 0 Å². The zero-order valence-electron chi connectivity index (χ0n) is 12.2. The summed E-state index contributed by atoms with van der Waals surface area (Å²) in [6, 6.07) is 10.5. The zero-order valence-corrected chi connectivity index (χ0v) is 12.2. The summed E-state index contributed by atoms with van der Waals surface area (Å²) < 4.78 is 10.4. The molecular weight excluding hydrogens is 296 g/mol. The Morgan fingerprint density at radius 1 is 1.39 bits per heavy atom. The predicted octanol–water partition coefficient (Wildman–Crippen LogP) is 2.91. The Bertz CT molecular complexity index is 726. The van der Waals surface area contributed by atoms with Gasteiger partial charge < -0.3 is 9.47 Å². The van der Waals surface area contributed by atoms with Crippen LogP contribution < -0.4 is 14.8 Å². The lowest BCUT2D eigenvalue weighted by atomic mass is 10.3. The minimum Gasteiger partial charge on any atom is -0.475 e. The molecule has 0 bridgehead atoms. The van der Waals surface area contributed by atoms with Crippen LogP contribution in [0.5, 0.6) is 11.6 Å². The van der Waals surface area contributed by atoms with E-state index in [0.29, 0.717) is 18.8 Å². The van der Waals surface area contributed by atoms with Gasteiger partial charge in [0.1, 0.15) is 11.8 Å². The predicted molar refractivity (Wildman–Crippen MR) is 83.1 cm³/mol. The highest BCUT2D eigenvalue weighted by Crippen LogP contribution is 2.16. The molecule has 1 N–H and O–H groups in total. The van der Waals surface area contributed by atoms with Crippen molar-refractivity contribution in [3.05, 3.63) is 54.9 Å². The van der Waals surface area contributed by atoms with Crippen LogP contribution in [-0.2, 0) is 0 Å². The molecule has 0 aliphatic rings. The van der Waals surface area contributed by atoms with Crippen LogP contribution in [0.25, 0.3) is 0 Å². The third-order valence-electron chi connectivity index (χ3n) is 2.59. The van der Waals surface area contributed by atoms with Crippen molar-refractivity contribution in [2.45, 2.75) is 6.42 Å². The van der Waals surface area contributed by atoms with E-state index in [1.54, 1.807) is 30.3 Å². The van der Waals surface area contributed by atoms with E-state index >= 15 is 0 Å². The van der Waals surface area contributed by atoms with E-state index in [1.165, 1.54) is 6.20 Å². The Kier molecular flexibility index (Phi) is 5.66. The molecule has 0 atom stereocenters. The highest BCUT2D eigenvalue weighted by atomic mass is 16.6. The third-order valence-corrected chi connectivity index (χ3v) is 2.59. The second kappa shape index (κ2) is 8.14. The molecule has 0 fully saturated rings. The van der Waals surface area contributed by atoms with Gasteiger partial charge in [-0.1, -0.05) is 24.3 Å². The number of nitrogens with one attached hydrogen (secondary N) is 1. The molecule has 2 aromatic rings. The topological polar surface area (TPSA) is 97.1 Å². The molecule has 0 spiro atoms. The fourth-order valence-corrected chi connectivity index (χ4v) is 1.57. The molecule has 0 radical (unpaired) electrons. The first-order chi connectivity index (χ1) is 11.2. The van der Waals surface area contributed by atoms with Gasteiger partial charge in [-0.25, -0.2) is 9.78 Å². The lowest BCUT2D eigenvalue weighted by Crippen LogP contribution is -2.18. The first-order valence-corrected chi connectivity index (χ1v) is 6.77. The lowest BCUT2D eigenvalue weighted by molar-refractivity contribution is 0.215. The number of hydrogen-bond donors (Lipinski definition) is 1. The van der Waals surface area contributed by atoms with E-state index in [2.05, 4.69) is 21.9 Å². The molecule has 1 amide bonds. The average molecular weight is 310 g/mol. The quantitative estimate of drug-likeness (QED) is 0.651. The highest BCUT2D eigenvalue weighted by Gasteiger charge is 2.11. The second-order valence-electron chi connectivity index (χ2n) is 4.27. The van der Waals surface area contributed by atoms with Gasteiger partial charge in [0.2, 0.25) is 5.69 Å². The molecule has 2 rings (SSSR count). The number of rotatable bonds is 6. The molecule has 7 heteroatoms. The molecule has 1 aromatic carbocycles.